The van der Waals surface area contributed by atoms with Crippen molar-refractivity contribution in [3.05, 3.63) is 70.3 Å². The van der Waals surface area contributed by atoms with Crippen LogP contribution in [0.4, 0.5) is 0 Å². The van der Waals surface area contributed by atoms with Crippen LogP contribution >= 0.6 is 0 Å². The number of para-hydroxylation sites is 1. The summed E-state index contributed by atoms with van der Waals surface area (Å²) in [4.78, 5) is 24.3. The lowest BCUT2D eigenvalue weighted by atomic mass is 10.2. The van der Waals surface area contributed by atoms with Crippen LogP contribution in [-0.4, -0.2) is 15.0 Å². The second kappa shape index (κ2) is 5.66. The number of furan rings is 1. The number of carbonyl (C=O) groups excluding carboxylic acids is 1. The van der Waals surface area contributed by atoms with E-state index < -0.39 is 0 Å². The van der Waals surface area contributed by atoms with Crippen molar-refractivity contribution in [3.63, 3.8) is 0 Å². The Hall–Kier alpha value is -3.28. The summed E-state index contributed by atoms with van der Waals surface area (Å²) in [6.07, 6.45) is 0. The minimum atomic E-state index is -0.266. The first-order valence-corrected chi connectivity index (χ1v) is 7.96. The molecule has 4 rings (SSSR count). The first-order valence-electron chi connectivity index (χ1n) is 7.96. The van der Waals surface area contributed by atoms with Crippen molar-refractivity contribution in [2.75, 3.05) is 0 Å². The van der Waals surface area contributed by atoms with Gasteiger partial charge in [0.2, 0.25) is 0 Å². The van der Waals surface area contributed by atoms with Gasteiger partial charge in [0.15, 0.2) is 5.76 Å². The fraction of sp³-hybridized carbons (Fsp3) is 0.158. The normalized spacial score (nSPS) is 11.3. The van der Waals surface area contributed by atoms with Crippen LogP contribution in [0, 0.1) is 0 Å². The van der Waals surface area contributed by atoms with Gasteiger partial charge in [-0.15, -0.1) is 0 Å². The molecule has 0 aliphatic heterocycles. The third-order valence-electron chi connectivity index (χ3n) is 4.44. The van der Waals surface area contributed by atoms with Crippen LogP contribution < -0.4 is 11.0 Å². The fourth-order valence-electron chi connectivity index (χ4n) is 3.03. The van der Waals surface area contributed by atoms with Gasteiger partial charge in [-0.25, -0.2) is 4.79 Å². The number of aromatic nitrogens is 2. The van der Waals surface area contributed by atoms with E-state index in [0.29, 0.717) is 12.1 Å². The molecule has 0 saturated carbocycles. The number of nitrogens with one attached hydrogen (secondary N) is 1. The number of carbonyl (C=O) groups is 1. The average molecular weight is 335 g/mol. The average Bonchev–Trinajstić information content (AvgIpc) is 3.16. The predicted octanol–water partition coefficient (Wildman–Crippen LogP) is 2.55. The summed E-state index contributed by atoms with van der Waals surface area (Å²) in [7, 11) is 3.48. The third-order valence-corrected chi connectivity index (χ3v) is 4.44. The van der Waals surface area contributed by atoms with Crippen molar-refractivity contribution >= 4 is 27.9 Å². The van der Waals surface area contributed by atoms with Crippen molar-refractivity contribution in [1.82, 2.24) is 14.5 Å². The van der Waals surface area contributed by atoms with E-state index in [9.17, 15) is 9.59 Å². The quantitative estimate of drug-likeness (QED) is 0.625. The van der Waals surface area contributed by atoms with E-state index in [4.69, 9.17) is 4.42 Å². The number of benzene rings is 2. The summed E-state index contributed by atoms with van der Waals surface area (Å²) < 4.78 is 8.77. The van der Waals surface area contributed by atoms with Crippen LogP contribution in [-0.2, 0) is 20.6 Å². The number of nitrogens with zero attached hydrogens (tertiary/aromatic N) is 2. The number of imidazole rings is 1. The zero-order valence-corrected chi connectivity index (χ0v) is 13.9. The van der Waals surface area contributed by atoms with Crippen LogP contribution in [0.25, 0.3) is 22.0 Å². The molecule has 1 amide bonds. The van der Waals surface area contributed by atoms with E-state index in [2.05, 4.69) is 5.32 Å². The molecule has 2 aromatic heterocycles. The molecule has 0 saturated heterocycles. The van der Waals surface area contributed by atoms with E-state index >= 15 is 0 Å². The fourth-order valence-corrected chi connectivity index (χ4v) is 3.03. The van der Waals surface area contributed by atoms with Gasteiger partial charge < -0.3 is 9.73 Å². The minimum absolute atomic E-state index is 0.0709. The van der Waals surface area contributed by atoms with Gasteiger partial charge in [0, 0.05) is 26.0 Å². The van der Waals surface area contributed by atoms with Crippen molar-refractivity contribution in [2.45, 2.75) is 6.54 Å². The number of fused-ring (bicyclic) bond motifs is 2. The van der Waals surface area contributed by atoms with Crippen molar-refractivity contribution < 1.29 is 9.21 Å². The Labute approximate surface area is 143 Å². The van der Waals surface area contributed by atoms with Crippen molar-refractivity contribution in [1.29, 1.82) is 0 Å². The maximum Gasteiger partial charge on any atom is 0.328 e. The molecule has 0 spiro atoms. The number of rotatable bonds is 3. The molecule has 2 heterocycles. The summed E-state index contributed by atoms with van der Waals surface area (Å²) >= 11 is 0. The maximum absolute atomic E-state index is 12.3. The molecule has 126 valence electrons. The molecule has 0 atom stereocenters. The lowest BCUT2D eigenvalue weighted by Gasteiger charge is -2.04. The van der Waals surface area contributed by atoms with Gasteiger partial charge in [-0.1, -0.05) is 24.3 Å². The third kappa shape index (κ3) is 2.52. The number of amides is 1. The Bertz CT molecular complexity index is 1130. The second-order valence-electron chi connectivity index (χ2n) is 6.05. The molecule has 6 nitrogen and oxygen atoms in total. The SMILES string of the molecule is Cn1c(=O)n(C)c2cc(CNC(=O)c3cc4ccccc4o3)ccc21. The smallest absolute Gasteiger partial charge is 0.328 e. The van der Waals surface area contributed by atoms with Gasteiger partial charge >= 0.3 is 5.69 Å². The lowest BCUT2D eigenvalue weighted by molar-refractivity contribution is 0.0925. The zero-order valence-electron chi connectivity index (χ0n) is 13.9. The summed E-state index contributed by atoms with van der Waals surface area (Å²) in [6.45, 7) is 0.356. The van der Waals surface area contributed by atoms with Gasteiger partial charge in [-0.2, -0.15) is 0 Å². The number of aryl methyl sites for hydroxylation is 2. The van der Waals surface area contributed by atoms with E-state index in [0.717, 1.165) is 22.0 Å². The molecule has 0 fully saturated rings. The predicted molar refractivity (Wildman–Crippen MR) is 95.5 cm³/mol. The Kier molecular flexibility index (Phi) is 3.46. The topological polar surface area (TPSA) is 69.2 Å². The lowest BCUT2D eigenvalue weighted by Crippen LogP contribution is -2.22. The molecule has 0 aliphatic rings. The number of hydrogen-bond acceptors (Lipinski definition) is 3. The highest BCUT2D eigenvalue weighted by Crippen LogP contribution is 2.19. The van der Waals surface area contributed by atoms with E-state index in [-0.39, 0.29) is 17.4 Å². The minimum Gasteiger partial charge on any atom is -0.451 e. The highest BCUT2D eigenvalue weighted by atomic mass is 16.3. The van der Waals surface area contributed by atoms with Crippen LogP contribution in [0.15, 0.2) is 57.7 Å². The first kappa shape index (κ1) is 15.3. The molecule has 25 heavy (non-hydrogen) atoms. The van der Waals surface area contributed by atoms with Crippen molar-refractivity contribution in [3.8, 4) is 0 Å². The molecule has 4 aromatic rings. The highest BCUT2D eigenvalue weighted by Gasteiger charge is 2.13. The molecule has 6 heteroatoms. The summed E-state index contributed by atoms with van der Waals surface area (Å²) in [5, 5.41) is 3.75. The molecular formula is C19H17N3O3. The highest BCUT2D eigenvalue weighted by molar-refractivity contribution is 5.96. The first-order chi connectivity index (χ1) is 12.0. The van der Waals surface area contributed by atoms with E-state index in [1.807, 2.05) is 42.5 Å². The Morgan fingerprint density at radius 2 is 1.80 bits per heavy atom. The largest absolute Gasteiger partial charge is 0.451 e. The van der Waals surface area contributed by atoms with Crippen molar-refractivity contribution in [2.24, 2.45) is 14.1 Å². The van der Waals surface area contributed by atoms with Gasteiger partial charge in [0.1, 0.15) is 5.58 Å². The Morgan fingerprint density at radius 1 is 1.04 bits per heavy atom. The van der Waals surface area contributed by atoms with Gasteiger partial charge in [0.25, 0.3) is 5.91 Å². The van der Waals surface area contributed by atoms with Crippen LogP contribution in [0.1, 0.15) is 16.1 Å². The van der Waals surface area contributed by atoms with Gasteiger partial charge in [-0.3, -0.25) is 13.9 Å². The number of hydrogen-bond donors (Lipinski definition) is 1. The van der Waals surface area contributed by atoms with Gasteiger partial charge in [0.05, 0.1) is 11.0 Å². The van der Waals surface area contributed by atoms with Crippen LogP contribution in [0.2, 0.25) is 0 Å². The molecular weight excluding hydrogens is 318 g/mol. The van der Waals surface area contributed by atoms with E-state index in [1.54, 1.807) is 29.3 Å². The van der Waals surface area contributed by atoms with Crippen LogP contribution in [0.3, 0.4) is 0 Å². The zero-order chi connectivity index (χ0) is 17.6. The molecule has 2 aromatic carbocycles. The summed E-state index contributed by atoms with van der Waals surface area (Å²) in [6, 6.07) is 14.9. The summed E-state index contributed by atoms with van der Waals surface area (Å²) in [5.74, 6) is 0.0210. The molecule has 0 aliphatic carbocycles. The Morgan fingerprint density at radius 3 is 2.60 bits per heavy atom. The second-order valence-corrected chi connectivity index (χ2v) is 6.05. The van der Waals surface area contributed by atoms with E-state index in [1.165, 1.54) is 0 Å². The molecule has 0 radical (unpaired) electrons. The molecule has 0 unspecified atom stereocenters. The Balaban J connectivity index is 1.56. The summed E-state index contributed by atoms with van der Waals surface area (Å²) in [5.41, 5.74) is 3.23. The van der Waals surface area contributed by atoms with Gasteiger partial charge in [-0.05, 0) is 29.8 Å². The standard InChI is InChI=1S/C19H17N3O3/c1-21-14-8-7-12(9-15(14)22(2)19(21)24)11-20-18(23)17-10-13-5-3-4-6-16(13)25-17/h3-10H,11H2,1-2H3,(H,20,23). The maximum atomic E-state index is 12.3. The molecule has 1 N–H and O–H groups in total. The van der Waals surface area contributed by atoms with Crippen LogP contribution in [0.5, 0.6) is 0 Å². The molecule has 0 bridgehead atoms. The monoisotopic (exact) mass is 335 g/mol.